The van der Waals surface area contributed by atoms with Crippen LogP contribution in [0.5, 0.6) is 0 Å². The van der Waals surface area contributed by atoms with Gasteiger partial charge in [0, 0.05) is 0 Å². The first-order valence-electron chi connectivity index (χ1n) is 13.8. The van der Waals surface area contributed by atoms with E-state index in [0.29, 0.717) is 0 Å². The van der Waals surface area contributed by atoms with E-state index in [1.165, 1.54) is 33.4 Å². The Morgan fingerprint density at radius 3 is 0.610 bits per heavy atom. The van der Waals surface area contributed by atoms with Gasteiger partial charge in [0.25, 0.3) is 0 Å². The van der Waals surface area contributed by atoms with E-state index in [-0.39, 0.29) is 0 Å². The molecule has 0 bridgehead atoms. The van der Waals surface area contributed by atoms with Crippen molar-refractivity contribution < 1.29 is 0 Å². The minimum absolute atomic E-state index is 0.480. The lowest BCUT2D eigenvalue weighted by Crippen LogP contribution is -2.32. The van der Waals surface area contributed by atoms with E-state index in [1.54, 1.807) is 23.9 Å². The highest BCUT2D eigenvalue weighted by atomic mass is 32.2. The maximum atomic E-state index is 3.89. The molecule has 3 heteroatoms. The molecule has 0 fully saturated rings. The third kappa shape index (κ3) is 5.37. The van der Waals surface area contributed by atoms with Gasteiger partial charge in [-0.15, -0.1) is 0 Å². The van der Waals surface area contributed by atoms with Gasteiger partial charge in [0.1, 0.15) is 9.49 Å². The summed E-state index contributed by atoms with van der Waals surface area (Å²) in [7, 11) is 0. The molecule has 6 aromatic rings. The largest absolute Gasteiger partial charge is 0.205 e. The van der Waals surface area contributed by atoms with Crippen LogP contribution in [0.15, 0.2) is 182 Å². The highest BCUT2D eigenvalue weighted by Gasteiger charge is 2.41. The fourth-order valence-electron chi connectivity index (χ4n) is 5.54. The zero-order valence-corrected chi connectivity index (χ0v) is 24.3. The highest BCUT2D eigenvalue weighted by Crippen LogP contribution is 2.52. The maximum Gasteiger partial charge on any atom is 0.106 e. The van der Waals surface area contributed by atoms with Crippen molar-refractivity contribution in [1.29, 1.82) is 0 Å². The second-order valence-corrected chi connectivity index (χ2v) is 12.1. The van der Waals surface area contributed by atoms with Crippen LogP contribution in [0.2, 0.25) is 0 Å². The van der Waals surface area contributed by atoms with Crippen LogP contribution in [-0.4, -0.2) is 0 Å². The van der Waals surface area contributed by atoms with Crippen molar-refractivity contribution in [3.05, 3.63) is 215 Å². The molecule has 0 amide bonds. The molecule has 0 aliphatic carbocycles. The van der Waals surface area contributed by atoms with Gasteiger partial charge in [-0.25, -0.2) is 4.13 Å². The zero-order valence-electron chi connectivity index (χ0n) is 22.6. The Morgan fingerprint density at radius 2 is 0.439 bits per heavy atom. The normalized spacial score (nSPS) is 11.7. The fraction of sp³-hybridized carbons (Fsp3) is 0.0526. The van der Waals surface area contributed by atoms with E-state index in [4.69, 9.17) is 0 Å². The number of nitrogens with one attached hydrogen (secondary N) is 1. The predicted molar refractivity (Wildman–Crippen MR) is 177 cm³/mol. The van der Waals surface area contributed by atoms with Crippen molar-refractivity contribution in [2.75, 3.05) is 0 Å². The quantitative estimate of drug-likeness (QED) is 0.131. The number of rotatable bonds is 10. The summed E-state index contributed by atoms with van der Waals surface area (Å²) in [5, 5.41) is 0. The van der Waals surface area contributed by atoms with Gasteiger partial charge in [-0.1, -0.05) is 182 Å². The van der Waals surface area contributed by atoms with Crippen molar-refractivity contribution in [3.63, 3.8) is 0 Å². The molecule has 0 aliphatic rings. The molecule has 0 atom stereocenters. The smallest absolute Gasteiger partial charge is 0.106 e. The molecule has 0 aromatic heterocycles. The molecule has 0 saturated carbocycles. The monoisotopic (exact) mass is 565 g/mol. The molecule has 1 N–H and O–H groups in total. The SMILES string of the molecule is c1ccc(C(SNSC(c2ccccc2)(c2ccccc2)c2ccccc2)(c2ccccc2)c2ccccc2)cc1. The Balaban J connectivity index is 1.50. The lowest BCUT2D eigenvalue weighted by molar-refractivity contribution is 0.883. The average molecular weight is 566 g/mol. The summed E-state index contributed by atoms with van der Waals surface area (Å²) < 4.78 is 2.93. The Morgan fingerprint density at radius 1 is 0.268 bits per heavy atom. The van der Waals surface area contributed by atoms with Crippen LogP contribution in [0.1, 0.15) is 33.4 Å². The predicted octanol–water partition coefficient (Wildman–Crippen LogP) is 9.86. The van der Waals surface area contributed by atoms with Gasteiger partial charge in [-0.05, 0) is 57.3 Å². The molecule has 0 radical (unpaired) electrons. The van der Waals surface area contributed by atoms with Crippen LogP contribution < -0.4 is 4.13 Å². The highest BCUT2D eigenvalue weighted by molar-refractivity contribution is 8.13. The summed E-state index contributed by atoms with van der Waals surface area (Å²) in [4.78, 5) is 0. The van der Waals surface area contributed by atoms with Crippen LogP contribution in [0, 0.1) is 0 Å². The number of benzene rings is 6. The van der Waals surface area contributed by atoms with Gasteiger partial charge in [-0.2, -0.15) is 0 Å². The van der Waals surface area contributed by atoms with Gasteiger partial charge < -0.3 is 0 Å². The van der Waals surface area contributed by atoms with E-state index < -0.39 is 9.49 Å². The zero-order chi connectivity index (χ0) is 27.8. The second kappa shape index (κ2) is 12.7. The molecule has 0 heterocycles. The van der Waals surface area contributed by atoms with E-state index in [2.05, 4.69) is 186 Å². The molecule has 0 unspecified atom stereocenters. The summed E-state index contributed by atoms with van der Waals surface area (Å²) in [5.41, 5.74) is 7.33. The number of hydrogen-bond acceptors (Lipinski definition) is 3. The molecule has 0 spiro atoms. The van der Waals surface area contributed by atoms with Gasteiger partial charge in [0.15, 0.2) is 0 Å². The maximum absolute atomic E-state index is 3.89. The molecule has 1 nitrogen and oxygen atoms in total. The van der Waals surface area contributed by atoms with Crippen LogP contribution in [0.25, 0.3) is 0 Å². The van der Waals surface area contributed by atoms with Crippen molar-refractivity contribution in [3.8, 4) is 0 Å². The topological polar surface area (TPSA) is 12.0 Å². The molecule has 6 aromatic carbocycles. The first kappa shape index (κ1) is 27.2. The van der Waals surface area contributed by atoms with E-state index in [0.717, 1.165) is 0 Å². The lowest BCUT2D eigenvalue weighted by Gasteiger charge is -2.38. The summed E-state index contributed by atoms with van der Waals surface area (Å²) in [6.45, 7) is 0. The summed E-state index contributed by atoms with van der Waals surface area (Å²) in [6, 6.07) is 64.9. The van der Waals surface area contributed by atoms with Gasteiger partial charge in [0.05, 0.1) is 0 Å². The van der Waals surface area contributed by atoms with Crippen LogP contribution in [-0.2, 0) is 9.49 Å². The summed E-state index contributed by atoms with van der Waals surface area (Å²) in [5.74, 6) is 0. The first-order valence-corrected chi connectivity index (χ1v) is 15.4. The van der Waals surface area contributed by atoms with Gasteiger partial charge in [-0.3, -0.25) is 0 Å². The van der Waals surface area contributed by atoms with E-state index in [9.17, 15) is 0 Å². The van der Waals surface area contributed by atoms with Crippen molar-refractivity contribution >= 4 is 23.9 Å². The molecule has 200 valence electrons. The Labute approximate surface area is 252 Å². The third-order valence-electron chi connectivity index (χ3n) is 7.47. The fourth-order valence-corrected chi connectivity index (χ4v) is 8.23. The van der Waals surface area contributed by atoms with Crippen LogP contribution in [0.3, 0.4) is 0 Å². The Bertz CT molecular complexity index is 1310. The molecular weight excluding hydrogens is 535 g/mol. The van der Waals surface area contributed by atoms with E-state index in [1.807, 2.05) is 0 Å². The standard InChI is InChI=1S/C38H31NS2/c1-7-19-31(20-8-1)37(32-21-9-2-10-22-32,33-23-11-3-12-24-33)40-39-41-38(34-25-13-4-14-26-34,35-27-15-5-16-28-35)36-29-17-6-18-30-36/h1-30,39H. The second-order valence-electron chi connectivity index (χ2n) is 9.85. The van der Waals surface area contributed by atoms with Crippen molar-refractivity contribution in [1.82, 2.24) is 4.13 Å². The molecule has 41 heavy (non-hydrogen) atoms. The number of hydrogen-bond donors (Lipinski definition) is 1. The first-order chi connectivity index (χ1) is 20.3. The van der Waals surface area contributed by atoms with Gasteiger partial charge in [0.2, 0.25) is 0 Å². The third-order valence-corrected chi connectivity index (χ3v) is 10.2. The van der Waals surface area contributed by atoms with Crippen LogP contribution >= 0.6 is 23.9 Å². The minimum Gasteiger partial charge on any atom is -0.205 e. The Hall–Kier alpha value is -4.02. The van der Waals surface area contributed by atoms with Gasteiger partial charge >= 0.3 is 0 Å². The van der Waals surface area contributed by atoms with Crippen molar-refractivity contribution in [2.45, 2.75) is 9.49 Å². The van der Waals surface area contributed by atoms with E-state index >= 15 is 0 Å². The minimum atomic E-state index is -0.480. The van der Waals surface area contributed by atoms with Crippen LogP contribution in [0.4, 0.5) is 0 Å². The molecule has 6 rings (SSSR count). The molecule has 0 aliphatic heterocycles. The molecular formula is C38H31NS2. The van der Waals surface area contributed by atoms with Crippen molar-refractivity contribution in [2.24, 2.45) is 0 Å². The summed E-state index contributed by atoms with van der Waals surface area (Å²) >= 11 is 3.50. The lowest BCUT2D eigenvalue weighted by atomic mass is 9.84. The average Bonchev–Trinajstić information content (AvgIpc) is 3.08. The molecule has 0 saturated heterocycles. The summed E-state index contributed by atoms with van der Waals surface area (Å²) in [6.07, 6.45) is 0. The Kier molecular flexibility index (Phi) is 8.39.